The molecule has 0 bridgehead atoms. The number of ether oxygens (including phenoxy) is 1. The molecule has 1 aliphatic rings. The summed E-state index contributed by atoms with van der Waals surface area (Å²) >= 11 is 0. The van der Waals surface area contributed by atoms with Crippen LogP contribution in [0.15, 0.2) is 66.9 Å². The van der Waals surface area contributed by atoms with E-state index in [1.807, 2.05) is 72.5 Å². The van der Waals surface area contributed by atoms with Gasteiger partial charge in [0.1, 0.15) is 11.5 Å². The van der Waals surface area contributed by atoms with Crippen molar-refractivity contribution in [1.29, 1.82) is 0 Å². The summed E-state index contributed by atoms with van der Waals surface area (Å²) in [5.74, 6) is 2.54. The Balaban J connectivity index is 1.42. The summed E-state index contributed by atoms with van der Waals surface area (Å²) in [6.45, 7) is 4.98. The predicted octanol–water partition coefficient (Wildman–Crippen LogP) is 4.38. The highest BCUT2D eigenvalue weighted by Gasteiger charge is 2.22. The number of aromatic nitrogens is 2. The van der Waals surface area contributed by atoms with Crippen LogP contribution in [0.1, 0.15) is 19.8 Å². The summed E-state index contributed by atoms with van der Waals surface area (Å²) in [6.07, 6.45) is 3.30. The lowest BCUT2D eigenvalue weighted by Gasteiger charge is -2.34. The molecule has 4 rings (SSSR count). The van der Waals surface area contributed by atoms with Crippen LogP contribution in [0.2, 0.25) is 0 Å². The van der Waals surface area contributed by atoms with Crippen molar-refractivity contribution in [2.75, 3.05) is 31.1 Å². The SMILES string of the molecule is CCCC(=O)N1CCN(c2nccc(-c3ccc(Oc4ccccc4)cc3)n2)CC1. The molecule has 0 aliphatic carbocycles. The zero-order valence-corrected chi connectivity index (χ0v) is 17.2. The first-order valence-corrected chi connectivity index (χ1v) is 10.4. The molecule has 2 aromatic carbocycles. The van der Waals surface area contributed by atoms with E-state index < -0.39 is 0 Å². The lowest BCUT2D eigenvalue weighted by Crippen LogP contribution is -2.49. The van der Waals surface area contributed by atoms with Gasteiger partial charge in [0.15, 0.2) is 0 Å². The minimum Gasteiger partial charge on any atom is -0.457 e. The summed E-state index contributed by atoms with van der Waals surface area (Å²) < 4.78 is 5.86. The molecule has 1 saturated heterocycles. The average molecular weight is 402 g/mol. The molecule has 1 fully saturated rings. The fraction of sp³-hybridized carbons (Fsp3) is 0.292. The molecule has 0 radical (unpaired) electrons. The van der Waals surface area contributed by atoms with Gasteiger partial charge in [-0.25, -0.2) is 9.97 Å². The second-order valence-corrected chi connectivity index (χ2v) is 7.30. The molecule has 0 unspecified atom stereocenters. The van der Waals surface area contributed by atoms with Gasteiger partial charge in [-0.05, 0) is 48.9 Å². The molecule has 2 heterocycles. The second kappa shape index (κ2) is 9.39. The Kier molecular flexibility index (Phi) is 6.23. The Morgan fingerprint density at radius 2 is 1.63 bits per heavy atom. The highest BCUT2D eigenvalue weighted by Crippen LogP contribution is 2.25. The molecule has 1 aliphatic heterocycles. The molecule has 6 heteroatoms. The maximum absolute atomic E-state index is 12.1. The number of rotatable bonds is 6. The van der Waals surface area contributed by atoms with Crippen LogP contribution in [0.25, 0.3) is 11.3 Å². The van der Waals surface area contributed by atoms with Crippen molar-refractivity contribution in [3.8, 4) is 22.8 Å². The van der Waals surface area contributed by atoms with E-state index >= 15 is 0 Å². The monoisotopic (exact) mass is 402 g/mol. The van der Waals surface area contributed by atoms with E-state index in [2.05, 4.69) is 9.88 Å². The molecule has 3 aromatic rings. The van der Waals surface area contributed by atoms with Crippen LogP contribution in [0.5, 0.6) is 11.5 Å². The molecule has 6 nitrogen and oxygen atoms in total. The van der Waals surface area contributed by atoms with Crippen LogP contribution in [-0.2, 0) is 4.79 Å². The van der Waals surface area contributed by atoms with Gasteiger partial charge in [0.2, 0.25) is 11.9 Å². The molecule has 1 amide bonds. The zero-order valence-electron chi connectivity index (χ0n) is 17.2. The third kappa shape index (κ3) is 4.76. The normalized spacial score (nSPS) is 13.9. The predicted molar refractivity (Wildman–Crippen MR) is 118 cm³/mol. The van der Waals surface area contributed by atoms with Crippen molar-refractivity contribution in [2.24, 2.45) is 0 Å². The topological polar surface area (TPSA) is 58.6 Å². The van der Waals surface area contributed by atoms with E-state index in [4.69, 9.17) is 9.72 Å². The fourth-order valence-electron chi connectivity index (χ4n) is 3.51. The van der Waals surface area contributed by atoms with Crippen LogP contribution < -0.4 is 9.64 Å². The maximum atomic E-state index is 12.1. The molecule has 0 atom stereocenters. The quantitative estimate of drug-likeness (QED) is 0.612. The number of hydrogen-bond donors (Lipinski definition) is 0. The summed E-state index contributed by atoms with van der Waals surface area (Å²) in [4.78, 5) is 25.4. The number of benzene rings is 2. The van der Waals surface area contributed by atoms with Gasteiger partial charge in [-0.15, -0.1) is 0 Å². The second-order valence-electron chi connectivity index (χ2n) is 7.30. The summed E-state index contributed by atoms with van der Waals surface area (Å²) in [5, 5.41) is 0. The molecule has 0 N–H and O–H groups in total. The molecule has 30 heavy (non-hydrogen) atoms. The van der Waals surface area contributed by atoms with Crippen LogP contribution in [0.3, 0.4) is 0 Å². The van der Waals surface area contributed by atoms with E-state index in [0.717, 1.165) is 55.4 Å². The van der Waals surface area contributed by atoms with Gasteiger partial charge in [0.05, 0.1) is 5.69 Å². The Morgan fingerprint density at radius 1 is 0.933 bits per heavy atom. The first-order chi connectivity index (χ1) is 14.7. The first-order valence-electron chi connectivity index (χ1n) is 10.4. The first kappa shape index (κ1) is 19.9. The number of carbonyl (C=O) groups excluding carboxylic acids is 1. The van der Waals surface area contributed by atoms with Crippen LogP contribution in [-0.4, -0.2) is 47.0 Å². The van der Waals surface area contributed by atoms with E-state index in [1.54, 1.807) is 6.20 Å². The summed E-state index contributed by atoms with van der Waals surface area (Å²) in [5.41, 5.74) is 1.88. The van der Waals surface area contributed by atoms with Gasteiger partial charge in [-0.2, -0.15) is 0 Å². The number of amides is 1. The van der Waals surface area contributed by atoms with Crippen LogP contribution >= 0.6 is 0 Å². The Bertz CT molecular complexity index is 968. The standard InChI is InChI=1S/C24H26N4O2/c1-2-6-23(29)27-15-17-28(18-16-27)24-25-14-13-22(26-24)19-9-11-21(12-10-19)30-20-7-4-3-5-8-20/h3-5,7-14H,2,6,15-18H2,1H3. The summed E-state index contributed by atoms with van der Waals surface area (Å²) in [7, 11) is 0. The molecule has 1 aromatic heterocycles. The van der Waals surface area contributed by atoms with Gasteiger partial charge in [-0.1, -0.05) is 25.1 Å². The van der Waals surface area contributed by atoms with Gasteiger partial charge >= 0.3 is 0 Å². The van der Waals surface area contributed by atoms with Gasteiger partial charge in [-0.3, -0.25) is 4.79 Å². The van der Waals surface area contributed by atoms with Gasteiger partial charge < -0.3 is 14.5 Å². The lowest BCUT2D eigenvalue weighted by molar-refractivity contribution is -0.131. The van der Waals surface area contributed by atoms with E-state index in [1.165, 1.54) is 0 Å². The molecular weight excluding hydrogens is 376 g/mol. The number of hydrogen-bond acceptors (Lipinski definition) is 5. The van der Waals surface area contributed by atoms with Gasteiger partial charge in [0, 0.05) is 44.4 Å². The van der Waals surface area contributed by atoms with E-state index in [0.29, 0.717) is 12.4 Å². The number of anilines is 1. The van der Waals surface area contributed by atoms with E-state index in [9.17, 15) is 4.79 Å². The van der Waals surface area contributed by atoms with Crippen LogP contribution in [0, 0.1) is 0 Å². The number of carbonyl (C=O) groups is 1. The van der Waals surface area contributed by atoms with Crippen molar-refractivity contribution in [2.45, 2.75) is 19.8 Å². The third-order valence-electron chi connectivity index (χ3n) is 5.15. The Hall–Kier alpha value is -3.41. The van der Waals surface area contributed by atoms with Crippen molar-refractivity contribution in [3.63, 3.8) is 0 Å². The van der Waals surface area contributed by atoms with Crippen LogP contribution in [0.4, 0.5) is 5.95 Å². The minimum atomic E-state index is 0.240. The van der Waals surface area contributed by atoms with E-state index in [-0.39, 0.29) is 5.91 Å². The van der Waals surface area contributed by atoms with Crippen molar-refractivity contribution in [3.05, 3.63) is 66.9 Å². The average Bonchev–Trinajstić information content (AvgIpc) is 2.81. The van der Waals surface area contributed by atoms with Crippen molar-refractivity contribution in [1.82, 2.24) is 14.9 Å². The molecule has 0 saturated carbocycles. The summed E-state index contributed by atoms with van der Waals surface area (Å²) in [6, 6.07) is 19.5. The van der Waals surface area contributed by atoms with Crippen molar-refractivity contribution < 1.29 is 9.53 Å². The number of nitrogens with zero attached hydrogens (tertiary/aromatic N) is 4. The number of para-hydroxylation sites is 1. The highest BCUT2D eigenvalue weighted by molar-refractivity contribution is 5.76. The largest absolute Gasteiger partial charge is 0.457 e. The molecule has 0 spiro atoms. The highest BCUT2D eigenvalue weighted by atomic mass is 16.5. The molecular formula is C24H26N4O2. The smallest absolute Gasteiger partial charge is 0.225 e. The zero-order chi connectivity index (χ0) is 20.8. The maximum Gasteiger partial charge on any atom is 0.225 e. The Morgan fingerprint density at radius 3 is 2.33 bits per heavy atom. The fourth-order valence-corrected chi connectivity index (χ4v) is 3.51. The minimum absolute atomic E-state index is 0.240. The van der Waals surface area contributed by atoms with Crippen molar-refractivity contribution >= 4 is 11.9 Å². The van der Waals surface area contributed by atoms with Gasteiger partial charge in [0.25, 0.3) is 0 Å². The lowest BCUT2D eigenvalue weighted by atomic mass is 10.1. The Labute approximate surface area is 177 Å². The number of piperazine rings is 1. The molecule has 154 valence electrons. The third-order valence-corrected chi connectivity index (χ3v) is 5.15.